The lowest BCUT2D eigenvalue weighted by atomic mass is 9.92. The number of hydrogen-bond donors (Lipinski definition) is 1. The number of halogens is 1. The van der Waals surface area contributed by atoms with E-state index in [1.807, 2.05) is 0 Å². The number of anilines is 2. The SMILES string of the molecule is CN(C)c1ccc(Br)cc1NCCC(C)(C)C. The van der Waals surface area contributed by atoms with Crippen molar-refractivity contribution in [2.24, 2.45) is 5.41 Å². The van der Waals surface area contributed by atoms with Crippen LogP contribution in [-0.2, 0) is 0 Å². The highest BCUT2D eigenvalue weighted by atomic mass is 79.9. The first-order chi connectivity index (χ1) is 7.79. The molecule has 2 nitrogen and oxygen atoms in total. The number of nitrogens with zero attached hydrogens (tertiary/aromatic N) is 1. The van der Waals surface area contributed by atoms with Crippen molar-refractivity contribution in [1.82, 2.24) is 0 Å². The summed E-state index contributed by atoms with van der Waals surface area (Å²) >= 11 is 3.52. The van der Waals surface area contributed by atoms with Gasteiger partial charge in [0.05, 0.1) is 11.4 Å². The summed E-state index contributed by atoms with van der Waals surface area (Å²) in [5.74, 6) is 0. The standard InChI is InChI=1S/C14H23BrN2/c1-14(2,3)8-9-16-12-10-11(15)6-7-13(12)17(4)5/h6-7,10,16H,8-9H2,1-5H3. The van der Waals surface area contributed by atoms with E-state index in [9.17, 15) is 0 Å². The van der Waals surface area contributed by atoms with Crippen molar-refractivity contribution in [3.63, 3.8) is 0 Å². The minimum Gasteiger partial charge on any atom is -0.383 e. The maximum Gasteiger partial charge on any atom is 0.0597 e. The highest BCUT2D eigenvalue weighted by molar-refractivity contribution is 9.10. The van der Waals surface area contributed by atoms with Gasteiger partial charge in [0.15, 0.2) is 0 Å². The molecule has 0 fully saturated rings. The molecule has 0 bridgehead atoms. The Morgan fingerprint density at radius 3 is 2.41 bits per heavy atom. The molecule has 0 unspecified atom stereocenters. The summed E-state index contributed by atoms with van der Waals surface area (Å²) in [5, 5.41) is 3.52. The molecule has 17 heavy (non-hydrogen) atoms. The summed E-state index contributed by atoms with van der Waals surface area (Å²) < 4.78 is 1.11. The Hall–Kier alpha value is -0.700. The summed E-state index contributed by atoms with van der Waals surface area (Å²) in [6, 6.07) is 6.34. The molecule has 3 heteroatoms. The van der Waals surface area contributed by atoms with E-state index >= 15 is 0 Å². The monoisotopic (exact) mass is 298 g/mol. The fraction of sp³-hybridized carbons (Fsp3) is 0.571. The van der Waals surface area contributed by atoms with Gasteiger partial charge in [-0.1, -0.05) is 36.7 Å². The van der Waals surface area contributed by atoms with Gasteiger partial charge in [0.1, 0.15) is 0 Å². The van der Waals surface area contributed by atoms with E-state index in [1.165, 1.54) is 11.4 Å². The molecule has 0 saturated heterocycles. The molecule has 1 aromatic rings. The third-order valence-corrected chi connectivity index (χ3v) is 3.12. The molecule has 96 valence electrons. The van der Waals surface area contributed by atoms with Gasteiger partial charge in [-0.3, -0.25) is 0 Å². The van der Waals surface area contributed by atoms with Crippen LogP contribution in [0.4, 0.5) is 11.4 Å². The minimum atomic E-state index is 0.372. The first-order valence-corrected chi connectivity index (χ1v) is 6.80. The van der Waals surface area contributed by atoms with E-state index in [0.29, 0.717) is 5.41 Å². The molecule has 1 N–H and O–H groups in total. The van der Waals surface area contributed by atoms with Crippen LogP contribution >= 0.6 is 15.9 Å². The van der Waals surface area contributed by atoms with Gasteiger partial charge < -0.3 is 10.2 Å². The first kappa shape index (κ1) is 14.4. The predicted molar refractivity (Wildman–Crippen MR) is 81.0 cm³/mol. The molecule has 0 aliphatic heterocycles. The first-order valence-electron chi connectivity index (χ1n) is 6.00. The molecular formula is C14H23BrN2. The lowest BCUT2D eigenvalue weighted by Crippen LogP contribution is -2.16. The van der Waals surface area contributed by atoms with Crippen LogP contribution < -0.4 is 10.2 Å². The Morgan fingerprint density at radius 1 is 1.24 bits per heavy atom. The maximum absolute atomic E-state index is 3.52. The molecule has 0 atom stereocenters. The average Bonchev–Trinajstić information content (AvgIpc) is 2.15. The fourth-order valence-corrected chi connectivity index (χ4v) is 1.97. The van der Waals surface area contributed by atoms with Crippen LogP contribution in [0.25, 0.3) is 0 Å². The van der Waals surface area contributed by atoms with Gasteiger partial charge in [0, 0.05) is 25.1 Å². The number of nitrogens with one attached hydrogen (secondary N) is 1. The molecule has 0 amide bonds. The van der Waals surface area contributed by atoms with E-state index in [-0.39, 0.29) is 0 Å². The Morgan fingerprint density at radius 2 is 1.88 bits per heavy atom. The van der Waals surface area contributed by atoms with E-state index in [4.69, 9.17) is 0 Å². The van der Waals surface area contributed by atoms with E-state index < -0.39 is 0 Å². The highest BCUT2D eigenvalue weighted by Gasteiger charge is 2.10. The molecule has 1 rings (SSSR count). The summed E-state index contributed by atoms with van der Waals surface area (Å²) in [6.07, 6.45) is 1.16. The summed E-state index contributed by atoms with van der Waals surface area (Å²) in [6.45, 7) is 7.80. The lowest BCUT2D eigenvalue weighted by Gasteiger charge is -2.22. The van der Waals surface area contributed by atoms with Crippen molar-refractivity contribution in [3.8, 4) is 0 Å². The fourth-order valence-electron chi connectivity index (χ4n) is 1.61. The van der Waals surface area contributed by atoms with Gasteiger partial charge in [-0.05, 0) is 30.0 Å². The summed E-state index contributed by atoms with van der Waals surface area (Å²) in [4.78, 5) is 2.13. The third-order valence-electron chi connectivity index (χ3n) is 2.63. The van der Waals surface area contributed by atoms with Crippen molar-refractivity contribution in [3.05, 3.63) is 22.7 Å². The molecule has 0 aliphatic rings. The topological polar surface area (TPSA) is 15.3 Å². The lowest BCUT2D eigenvalue weighted by molar-refractivity contribution is 0.390. The number of hydrogen-bond acceptors (Lipinski definition) is 2. The summed E-state index contributed by atoms with van der Waals surface area (Å²) in [5.41, 5.74) is 2.79. The largest absolute Gasteiger partial charge is 0.383 e. The smallest absolute Gasteiger partial charge is 0.0597 e. The summed E-state index contributed by atoms with van der Waals surface area (Å²) in [7, 11) is 4.14. The van der Waals surface area contributed by atoms with Crippen molar-refractivity contribution < 1.29 is 0 Å². The van der Waals surface area contributed by atoms with Gasteiger partial charge in [-0.15, -0.1) is 0 Å². The Labute approximate surface area is 114 Å². The number of benzene rings is 1. The van der Waals surface area contributed by atoms with Crippen molar-refractivity contribution >= 4 is 27.3 Å². The second kappa shape index (κ2) is 5.76. The third kappa shape index (κ3) is 4.99. The predicted octanol–water partition coefficient (Wildman–Crippen LogP) is 4.36. The van der Waals surface area contributed by atoms with E-state index in [2.05, 4.69) is 79.2 Å². The Balaban J connectivity index is 2.72. The van der Waals surface area contributed by atoms with Gasteiger partial charge in [-0.2, -0.15) is 0 Å². The van der Waals surface area contributed by atoms with Crippen LogP contribution in [0.3, 0.4) is 0 Å². The number of rotatable bonds is 4. The molecule has 0 radical (unpaired) electrons. The normalized spacial score (nSPS) is 11.4. The van der Waals surface area contributed by atoms with Gasteiger partial charge in [0.2, 0.25) is 0 Å². The van der Waals surface area contributed by atoms with Crippen LogP contribution in [0, 0.1) is 5.41 Å². The minimum absolute atomic E-state index is 0.372. The molecule has 0 aromatic heterocycles. The average molecular weight is 299 g/mol. The zero-order valence-electron chi connectivity index (χ0n) is 11.5. The van der Waals surface area contributed by atoms with E-state index in [0.717, 1.165) is 17.4 Å². The molecular weight excluding hydrogens is 276 g/mol. The molecule has 0 saturated carbocycles. The maximum atomic E-state index is 3.52. The Kier molecular flexibility index (Phi) is 4.87. The van der Waals surface area contributed by atoms with Crippen LogP contribution in [0.2, 0.25) is 0 Å². The quantitative estimate of drug-likeness (QED) is 0.888. The molecule has 0 aliphatic carbocycles. The zero-order chi connectivity index (χ0) is 13.1. The van der Waals surface area contributed by atoms with Gasteiger partial charge in [0.25, 0.3) is 0 Å². The van der Waals surface area contributed by atoms with Crippen molar-refractivity contribution in [2.45, 2.75) is 27.2 Å². The molecule has 1 aromatic carbocycles. The highest BCUT2D eigenvalue weighted by Crippen LogP contribution is 2.28. The van der Waals surface area contributed by atoms with Gasteiger partial charge in [-0.25, -0.2) is 0 Å². The van der Waals surface area contributed by atoms with Crippen molar-refractivity contribution in [1.29, 1.82) is 0 Å². The van der Waals surface area contributed by atoms with Crippen LogP contribution in [0.15, 0.2) is 22.7 Å². The zero-order valence-corrected chi connectivity index (χ0v) is 13.1. The second-order valence-corrected chi connectivity index (χ2v) is 6.71. The van der Waals surface area contributed by atoms with Crippen LogP contribution in [-0.4, -0.2) is 20.6 Å². The second-order valence-electron chi connectivity index (χ2n) is 5.79. The van der Waals surface area contributed by atoms with Crippen molar-refractivity contribution in [2.75, 3.05) is 30.9 Å². The van der Waals surface area contributed by atoms with E-state index in [1.54, 1.807) is 0 Å². The van der Waals surface area contributed by atoms with Crippen LogP contribution in [0.5, 0.6) is 0 Å². The Bertz CT molecular complexity index is 367. The molecule has 0 heterocycles. The van der Waals surface area contributed by atoms with Crippen LogP contribution in [0.1, 0.15) is 27.2 Å². The van der Waals surface area contributed by atoms with Gasteiger partial charge >= 0.3 is 0 Å². The molecule has 0 spiro atoms.